The Morgan fingerprint density at radius 1 is 1.11 bits per heavy atom. The maximum Gasteiger partial charge on any atom is 0.0224 e. The van der Waals surface area contributed by atoms with Crippen LogP contribution in [0.4, 0.5) is 0 Å². The van der Waals surface area contributed by atoms with Gasteiger partial charge in [-0.3, -0.25) is 9.80 Å². The predicted octanol–water partition coefficient (Wildman–Crippen LogP) is 1.79. The van der Waals surface area contributed by atoms with Crippen molar-refractivity contribution in [2.75, 3.05) is 32.7 Å². The number of piperazine rings is 1. The molecule has 0 radical (unpaired) electrons. The molecule has 2 fully saturated rings. The second kappa shape index (κ2) is 6.36. The van der Waals surface area contributed by atoms with E-state index in [9.17, 15) is 0 Å². The Kier molecular flexibility index (Phi) is 5.05. The summed E-state index contributed by atoms with van der Waals surface area (Å²) in [5, 5.41) is 3.57. The van der Waals surface area contributed by atoms with Crippen LogP contribution in [-0.4, -0.2) is 60.6 Å². The van der Waals surface area contributed by atoms with Gasteiger partial charge < -0.3 is 5.32 Å². The van der Waals surface area contributed by atoms with Crippen LogP contribution < -0.4 is 5.32 Å². The van der Waals surface area contributed by atoms with Crippen molar-refractivity contribution in [3.8, 4) is 0 Å². The number of rotatable bonds is 5. The van der Waals surface area contributed by atoms with E-state index in [1.54, 1.807) is 0 Å². The largest absolute Gasteiger partial charge is 0.314 e. The molecular formula is C15H31N3. The maximum absolute atomic E-state index is 3.57. The molecule has 0 aromatic rings. The van der Waals surface area contributed by atoms with Gasteiger partial charge in [-0.1, -0.05) is 20.8 Å². The van der Waals surface area contributed by atoms with E-state index in [0.29, 0.717) is 12.1 Å². The Morgan fingerprint density at radius 2 is 1.89 bits per heavy atom. The maximum atomic E-state index is 3.57. The van der Waals surface area contributed by atoms with E-state index in [0.717, 1.165) is 18.5 Å². The fraction of sp³-hybridized carbons (Fsp3) is 1.00. The standard InChI is InChI=1S/C15H31N3/c1-12(2)16-10-13(3)14(4)18-9-8-17-7-5-6-15(17)11-18/h12-16H,5-11H2,1-4H3. The summed E-state index contributed by atoms with van der Waals surface area (Å²) in [5.41, 5.74) is 0. The molecular weight excluding hydrogens is 222 g/mol. The highest BCUT2D eigenvalue weighted by Crippen LogP contribution is 2.24. The number of hydrogen-bond donors (Lipinski definition) is 1. The normalized spacial score (nSPS) is 29.5. The van der Waals surface area contributed by atoms with E-state index >= 15 is 0 Å². The van der Waals surface area contributed by atoms with E-state index < -0.39 is 0 Å². The van der Waals surface area contributed by atoms with Crippen LogP contribution in [-0.2, 0) is 0 Å². The van der Waals surface area contributed by atoms with Gasteiger partial charge in [0.15, 0.2) is 0 Å². The molecule has 2 aliphatic rings. The van der Waals surface area contributed by atoms with Crippen molar-refractivity contribution >= 4 is 0 Å². The lowest BCUT2D eigenvalue weighted by Gasteiger charge is -2.42. The molecule has 2 aliphatic heterocycles. The zero-order valence-electron chi connectivity index (χ0n) is 12.7. The van der Waals surface area contributed by atoms with Crippen LogP contribution in [0.1, 0.15) is 40.5 Å². The van der Waals surface area contributed by atoms with Crippen molar-refractivity contribution < 1.29 is 0 Å². The Balaban J connectivity index is 1.79. The van der Waals surface area contributed by atoms with Gasteiger partial charge in [-0.15, -0.1) is 0 Å². The number of nitrogens with one attached hydrogen (secondary N) is 1. The van der Waals surface area contributed by atoms with Gasteiger partial charge in [-0.25, -0.2) is 0 Å². The molecule has 0 aromatic carbocycles. The molecule has 0 bridgehead atoms. The third kappa shape index (κ3) is 3.46. The summed E-state index contributed by atoms with van der Waals surface area (Å²) in [6.07, 6.45) is 2.83. The Labute approximate surface area is 113 Å². The van der Waals surface area contributed by atoms with Crippen LogP contribution in [0.5, 0.6) is 0 Å². The molecule has 18 heavy (non-hydrogen) atoms. The fourth-order valence-corrected chi connectivity index (χ4v) is 3.34. The topological polar surface area (TPSA) is 18.5 Å². The quantitative estimate of drug-likeness (QED) is 0.806. The zero-order valence-corrected chi connectivity index (χ0v) is 12.7. The monoisotopic (exact) mass is 253 g/mol. The lowest BCUT2D eigenvalue weighted by molar-refractivity contribution is 0.0582. The minimum Gasteiger partial charge on any atom is -0.314 e. The van der Waals surface area contributed by atoms with Gasteiger partial charge in [0.05, 0.1) is 0 Å². The molecule has 2 heterocycles. The molecule has 2 saturated heterocycles. The van der Waals surface area contributed by atoms with Crippen molar-refractivity contribution in [2.24, 2.45) is 5.92 Å². The summed E-state index contributed by atoms with van der Waals surface area (Å²) >= 11 is 0. The minimum atomic E-state index is 0.603. The van der Waals surface area contributed by atoms with Crippen molar-refractivity contribution in [3.05, 3.63) is 0 Å². The summed E-state index contributed by atoms with van der Waals surface area (Å²) in [6, 6.07) is 2.16. The summed E-state index contributed by atoms with van der Waals surface area (Å²) in [4.78, 5) is 5.42. The first-order chi connectivity index (χ1) is 8.58. The number of nitrogens with zero attached hydrogens (tertiary/aromatic N) is 2. The average molecular weight is 253 g/mol. The Bertz CT molecular complexity index is 254. The Morgan fingerprint density at radius 3 is 2.61 bits per heavy atom. The van der Waals surface area contributed by atoms with Crippen LogP contribution in [0.25, 0.3) is 0 Å². The molecule has 0 saturated carbocycles. The zero-order chi connectivity index (χ0) is 13.1. The predicted molar refractivity (Wildman–Crippen MR) is 77.9 cm³/mol. The molecule has 3 nitrogen and oxygen atoms in total. The van der Waals surface area contributed by atoms with E-state index in [-0.39, 0.29) is 0 Å². The van der Waals surface area contributed by atoms with E-state index in [1.807, 2.05) is 0 Å². The molecule has 0 amide bonds. The molecule has 0 aliphatic carbocycles. The van der Waals surface area contributed by atoms with Crippen LogP contribution >= 0.6 is 0 Å². The SMILES string of the molecule is CC(C)NCC(C)C(C)N1CCN2CCCC2C1. The first-order valence-electron chi connectivity index (χ1n) is 7.79. The van der Waals surface area contributed by atoms with Gasteiger partial charge in [-0.2, -0.15) is 0 Å². The van der Waals surface area contributed by atoms with Gasteiger partial charge in [0.2, 0.25) is 0 Å². The van der Waals surface area contributed by atoms with E-state index in [2.05, 4.69) is 42.8 Å². The van der Waals surface area contributed by atoms with Crippen LogP contribution in [0, 0.1) is 5.92 Å². The minimum absolute atomic E-state index is 0.603. The van der Waals surface area contributed by atoms with Crippen LogP contribution in [0.3, 0.4) is 0 Å². The summed E-state index contributed by atoms with van der Waals surface area (Å²) in [5.74, 6) is 0.736. The Hall–Kier alpha value is -0.120. The molecule has 0 aromatic heterocycles. The molecule has 106 valence electrons. The molecule has 3 heteroatoms. The molecule has 1 N–H and O–H groups in total. The third-order valence-corrected chi connectivity index (χ3v) is 4.87. The number of hydrogen-bond acceptors (Lipinski definition) is 3. The van der Waals surface area contributed by atoms with Crippen molar-refractivity contribution in [2.45, 2.75) is 58.7 Å². The highest BCUT2D eigenvalue weighted by molar-refractivity contribution is 4.89. The fourth-order valence-electron chi connectivity index (χ4n) is 3.34. The average Bonchev–Trinajstić information content (AvgIpc) is 2.81. The second-order valence-corrected chi connectivity index (χ2v) is 6.61. The summed E-state index contributed by atoms with van der Waals surface area (Å²) in [6.45, 7) is 15.6. The highest BCUT2D eigenvalue weighted by atomic mass is 15.3. The van der Waals surface area contributed by atoms with E-state index in [4.69, 9.17) is 0 Å². The van der Waals surface area contributed by atoms with E-state index in [1.165, 1.54) is 39.0 Å². The number of fused-ring (bicyclic) bond motifs is 1. The molecule has 2 rings (SSSR count). The van der Waals surface area contributed by atoms with Crippen LogP contribution in [0.15, 0.2) is 0 Å². The smallest absolute Gasteiger partial charge is 0.0224 e. The summed E-state index contributed by atoms with van der Waals surface area (Å²) in [7, 11) is 0. The lowest BCUT2D eigenvalue weighted by atomic mass is 9.99. The van der Waals surface area contributed by atoms with Gasteiger partial charge in [0.25, 0.3) is 0 Å². The first-order valence-corrected chi connectivity index (χ1v) is 7.79. The molecule has 0 spiro atoms. The van der Waals surface area contributed by atoms with Gasteiger partial charge >= 0.3 is 0 Å². The van der Waals surface area contributed by atoms with Gasteiger partial charge in [0, 0.05) is 37.8 Å². The molecule has 3 unspecified atom stereocenters. The lowest BCUT2D eigenvalue weighted by Crippen LogP contribution is -2.54. The van der Waals surface area contributed by atoms with Crippen molar-refractivity contribution in [3.63, 3.8) is 0 Å². The first kappa shape index (κ1) is 14.3. The highest BCUT2D eigenvalue weighted by Gasteiger charge is 2.33. The second-order valence-electron chi connectivity index (χ2n) is 6.61. The third-order valence-electron chi connectivity index (χ3n) is 4.87. The van der Waals surface area contributed by atoms with Gasteiger partial charge in [0.1, 0.15) is 0 Å². The van der Waals surface area contributed by atoms with Crippen molar-refractivity contribution in [1.82, 2.24) is 15.1 Å². The molecule has 3 atom stereocenters. The van der Waals surface area contributed by atoms with Crippen LogP contribution in [0.2, 0.25) is 0 Å². The van der Waals surface area contributed by atoms with Crippen molar-refractivity contribution in [1.29, 1.82) is 0 Å². The van der Waals surface area contributed by atoms with Gasteiger partial charge in [-0.05, 0) is 38.8 Å². The summed E-state index contributed by atoms with van der Waals surface area (Å²) < 4.78 is 0.